The Hall–Kier alpha value is -1.15. The van der Waals surface area contributed by atoms with Crippen LogP contribution < -0.4 is 4.74 Å². The third-order valence-corrected chi connectivity index (χ3v) is 7.57. The summed E-state index contributed by atoms with van der Waals surface area (Å²) < 4.78 is 5.16. The van der Waals surface area contributed by atoms with Crippen LogP contribution in [0.1, 0.15) is 5.56 Å². The molecule has 0 radical (unpaired) electrons. The SMILES string of the molecule is COc1ccc(CSSSc2nccc(-c3cccs3)n2)cc1. The highest BCUT2D eigenvalue weighted by atomic mass is 33.5. The molecule has 2 aromatic heterocycles. The van der Waals surface area contributed by atoms with Gasteiger partial charge in [-0.25, -0.2) is 9.97 Å². The fourth-order valence-corrected chi connectivity index (χ4v) is 5.77. The van der Waals surface area contributed by atoms with Crippen molar-refractivity contribution >= 4 is 42.8 Å². The van der Waals surface area contributed by atoms with E-state index in [9.17, 15) is 0 Å². The third-order valence-electron chi connectivity index (χ3n) is 2.95. The highest BCUT2D eigenvalue weighted by Gasteiger charge is 2.04. The molecular formula is C16H14N2OS4. The molecule has 0 saturated heterocycles. The van der Waals surface area contributed by atoms with Gasteiger partial charge >= 0.3 is 0 Å². The summed E-state index contributed by atoms with van der Waals surface area (Å²) in [6, 6.07) is 14.2. The predicted octanol–water partition coefficient (Wildman–Crippen LogP) is 5.80. The summed E-state index contributed by atoms with van der Waals surface area (Å²) in [7, 11) is 6.75. The molecule has 0 spiro atoms. The Labute approximate surface area is 151 Å². The molecule has 3 aromatic rings. The molecule has 23 heavy (non-hydrogen) atoms. The maximum Gasteiger partial charge on any atom is 0.199 e. The summed E-state index contributed by atoms with van der Waals surface area (Å²) in [6.45, 7) is 0. The van der Waals surface area contributed by atoms with E-state index < -0.39 is 0 Å². The van der Waals surface area contributed by atoms with E-state index in [2.05, 4.69) is 33.5 Å². The molecule has 0 atom stereocenters. The van der Waals surface area contributed by atoms with Gasteiger partial charge in [0.2, 0.25) is 0 Å². The van der Waals surface area contributed by atoms with Crippen LogP contribution in [0.5, 0.6) is 5.75 Å². The van der Waals surface area contributed by atoms with Crippen LogP contribution in [0.25, 0.3) is 10.6 Å². The van der Waals surface area contributed by atoms with Gasteiger partial charge in [0, 0.05) is 11.9 Å². The maximum absolute atomic E-state index is 5.16. The van der Waals surface area contributed by atoms with Crippen LogP contribution in [0.4, 0.5) is 0 Å². The zero-order valence-corrected chi connectivity index (χ0v) is 15.6. The van der Waals surface area contributed by atoms with Crippen LogP contribution in [0.2, 0.25) is 0 Å². The summed E-state index contributed by atoms with van der Waals surface area (Å²) in [5.41, 5.74) is 2.26. The first kappa shape index (κ1) is 16.7. The summed E-state index contributed by atoms with van der Waals surface area (Å²) in [6.07, 6.45) is 1.82. The van der Waals surface area contributed by atoms with Gasteiger partial charge in [-0.1, -0.05) is 29.0 Å². The van der Waals surface area contributed by atoms with Crippen LogP contribution in [0, 0.1) is 0 Å². The van der Waals surface area contributed by atoms with Crippen molar-refractivity contribution in [3.05, 3.63) is 59.6 Å². The molecule has 0 bridgehead atoms. The Morgan fingerprint density at radius 3 is 2.74 bits per heavy atom. The highest BCUT2D eigenvalue weighted by molar-refractivity contribution is 9.09. The van der Waals surface area contributed by atoms with E-state index in [1.165, 1.54) is 10.4 Å². The number of hydrogen-bond acceptors (Lipinski definition) is 7. The molecule has 0 aliphatic heterocycles. The number of hydrogen-bond donors (Lipinski definition) is 0. The van der Waals surface area contributed by atoms with Gasteiger partial charge in [0.05, 0.1) is 17.7 Å². The number of aromatic nitrogens is 2. The van der Waals surface area contributed by atoms with Gasteiger partial charge in [0.15, 0.2) is 5.16 Å². The van der Waals surface area contributed by atoms with E-state index in [0.717, 1.165) is 22.4 Å². The van der Waals surface area contributed by atoms with Crippen molar-refractivity contribution in [1.29, 1.82) is 0 Å². The van der Waals surface area contributed by atoms with Crippen LogP contribution in [-0.4, -0.2) is 17.1 Å². The van der Waals surface area contributed by atoms with E-state index >= 15 is 0 Å². The highest BCUT2D eigenvalue weighted by Crippen LogP contribution is 2.40. The lowest BCUT2D eigenvalue weighted by molar-refractivity contribution is 0.414. The Morgan fingerprint density at radius 2 is 2.00 bits per heavy atom. The van der Waals surface area contributed by atoms with Crippen molar-refractivity contribution in [2.45, 2.75) is 10.9 Å². The van der Waals surface area contributed by atoms with E-state index in [0.29, 0.717) is 0 Å². The fraction of sp³-hybridized carbons (Fsp3) is 0.125. The predicted molar refractivity (Wildman–Crippen MR) is 103 cm³/mol. The molecule has 0 N–H and O–H groups in total. The smallest absolute Gasteiger partial charge is 0.199 e. The Kier molecular flexibility index (Phi) is 6.27. The topological polar surface area (TPSA) is 35.0 Å². The van der Waals surface area contributed by atoms with Crippen molar-refractivity contribution < 1.29 is 4.74 Å². The summed E-state index contributed by atoms with van der Waals surface area (Å²) in [4.78, 5) is 10.1. The second-order valence-electron chi connectivity index (χ2n) is 4.46. The largest absolute Gasteiger partial charge is 0.497 e. The molecule has 0 saturated carbocycles. The van der Waals surface area contributed by atoms with E-state index in [4.69, 9.17) is 4.74 Å². The van der Waals surface area contributed by atoms with Crippen molar-refractivity contribution in [2.24, 2.45) is 0 Å². The van der Waals surface area contributed by atoms with Crippen molar-refractivity contribution in [3.8, 4) is 16.3 Å². The van der Waals surface area contributed by atoms with E-state index in [1.807, 2.05) is 30.5 Å². The molecule has 1 aromatic carbocycles. The lowest BCUT2D eigenvalue weighted by Gasteiger charge is -2.03. The van der Waals surface area contributed by atoms with Crippen molar-refractivity contribution in [3.63, 3.8) is 0 Å². The van der Waals surface area contributed by atoms with Gasteiger partial charge in [-0.2, -0.15) is 0 Å². The molecule has 0 amide bonds. The molecule has 0 fully saturated rings. The summed E-state index contributed by atoms with van der Waals surface area (Å²) >= 11 is 1.69. The average molecular weight is 379 g/mol. The maximum atomic E-state index is 5.16. The van der Waals surface area contributed by atoms with Gasteiger partial charge in [-0.05, 0) is 55.8 Å². The lowest BCUT2D eigenvalue weighted by atomic mass is 10.2. The molecule has 2 heterocycles. The van der Waals surface area contributed by atoms with Gasteiger partial charge in [-0.3, -0.25) is 0 Å². The van der Waals surface area contributed by atoms with Gasteiger partial charge in [-0.15, -0.1) is 11.3 Å². The standard InChI is InChI=1S/C16H14N2OS4/c1-19-13-6-4-12(5-7-13)11-21-23-22-16-17-9-8-14(18-16)15-3-2-10-20-15/h2-10H,11H2,1H3. The Morgan fingerprint density at radius 1 is 1.13 bits per heavy atom. The fourth-order valence-electron chi connectivity index (χ4n) is 1.81. The molecule has 3 rings (SSSR count). The second kappa shape index (κ2) is 8.63. The second-order valence-corrected chi connectivity index (χ2v) is 9.44. The molecule has 3 nitrogen and oxygen atoms in total. The minimum atomic E-state index is 0.795. The number of nitrogens with zero attached hydrogens (tertiary/aromatic N) is 2. The number of benzene rings is 1. The van der Waals surface area contributed by atoms with Crippen LogP contribution in [0.15, 0.2) is 59.2 Å². The first-order chi connectivity index (χ1) is 11.3. The number of rotatable bonds is 7. The zero-order valence-electron chi connectivity index (χ0n) is 12.3. The average Bonchev–Trinajstić information content (AvgIpc) is 3.14. The Bertz CT molecular complexity index is 732. The van der Waals surface area contributed by atoms with Gasteiger partial charge in [0.1, 0.15) is 5.75 Å². The van der Waals surface area contributed by atoms with Gasteiger partial charge in [0.25, 0.3) is 0 Å². The molecule has 7 heteroatoms. The summed E-state index contributed by atoms with van der Waals surface area (Å²) in [5.74, 6) is 1.83. The van der Waals surface area contributed by atoms with Gasteiger partial charge < -0.3 is 4.74 Å². The normalized spacial score (nSPS) is 10.7. The molecular weight excluding hydrogens is 364 g/mol. The van der Waals surface area contributed by atoms with E-state index in [1.54, 1.807) is 49.9 Å². The Balaban J connectivity index is 1.49. The molecule has 0 aliphatic carbocycles. The summed E-state index contributed by atoms with van der Waals surface area (Å²) in [5, 5.41) is 2.85. The van der Waals surface area contributed by atoms with Crippen molar-refractivity contribution in [2.75, 3.05) is 7.11 Å². The number of methoxy groups -OCH3 is 1. The van der Waals surface area contributed by atoms with Crippen LogP contribution >= 0.6 is 42.8 Å². The first-order valence-electron chi connectivity index (χ1n) is 6.81. The minimum Gasteiger partial charge on any atom is -0.497 e. The monoisotopic (exact) mass is 378 g/mol. The van der Waals surface area contributed by atoms with E-state index in [-0.39, 0.29) is 0 Å². The van der Waals surface area contributed by atoms with Crippen molar-refractivity contribution in [1.82, 2.24) is 9.97 Å². The number of thiophene rings is 1. The third kappa shape index (κ3) is 4.91. The molecule has 118 valence electrons. The number of ether oxygens (including phenoxy) is 1. The molecule has 0 aliphatic rings. The van der Waals surface area contributed by atoms with Crippen LogP contribution in [-0.2, 0) is 5.75 Å². The minimum absolute atomic E-state index is 0.795. The first-order valence-corrected chi connectivity index (χ1v) is 11.3. The molecule has 0 unspecified atom stereocenters. The zero-order chi connectivity index (χ0) is 15.9. The lowest BCUT2D eigenvalue weighted by Crippen LogP contribution is -1.86. The van der Waals surface area contributed by atoms with Crippen LogP contribution in [0.3, 0.4) is 0 Å². The quantitative estimate of drug-likeness (QED) is 0.293.